The number of fused-ring (bicyclic) bond motifs is 1. The van der Waals surface area contributed by atoms with E-state index in [-0.39, 0.29) is 23.6 Å². The monoisotopic (exact) mass is 401 g/mol. The van der Waals surface area contributed by atoms with E-state index in [0.29, 0.717) is 22.4 Å². The highest BCUT2D eigenvalue weighted by Crippen LogP contribution is 2.27. The highest BCUT2D eigenvalue weighted by molar-refractivity contribution is 6.12. The van der Waals surface area contributed by atoms with Crippen molar-refractivity contribution in [1.29, 1.82) is 0 Å². The largest absolute Gasteiger partial charge is 0.384 e. The van der Waals surface area contributed by atoms with E-state index < -0.39 is 0 Å². The van der Waals surface area contributed by atoms with Gasteiger partial charge in [-0.1, -0.05) is 6.07 Å². The average molecular weight is 401 g/mol. The minimum absolute atomic E-state index is 0.104. The van der Waals surface area contributed by atoms with E-state index >= 15 is 0 Å². The van der Waals surface area contributed by atoms with Crippen LogP contribution >= 0.6 is 0 Å². The molecular formula is C23H23N5O2. The quantitative estimate of drug-likeness (QED) is 0.571. The summed E-state index contributed by atoms with van der Waals surface area (Å²) in [6.45, 7) is 2.81. The number of anilines is 2. The number of carbonyl (C=O) groups is 2. The molecule has 0 spiro atoms. The fraction of sp³-hybridized carbons (Fsp3) is 0.261. The molecule has 1 fully saturated rings. The Morgan fingerprint density at radius 1 is 1.17 bits per heavy atom. The Morgan fingerprint density at radius 2 is 1.97 bits per heavy atom. The van der Waals surface area contributed by atoms with E-state index in [1.54, 1.807) is 12.1 Å². The van der Waals surface area contributed by atoms with Crippen molar-refractivity contribution in [3.63, 3.8) is 0 Å². The molecule has 1 aliphatic carbocycles. The van der Waals surface area contributed by atoms with E-state index in [4.69, 9.17) is 5.73 Å². The van der Waals surface area contributed by atoms with Gasteiger partial charge < -0.3 is 16.4 Å². The minimum Gasteiger partial charge on any atom is -0.384 e. The Hall–Kier alpha value is -3.61. The van der Waals surface area contributed by atoms with Gasteiger partial charge in [-0.3, -0.25) is 9.59 Å². The van der Waals surface area contributed by atoms with Crippen LogP contribution in [0.15, 0.2) is 42.6 Å². The molecule has 1 aliphatic heterocycles. The minimum atomic E-state index is -0.159. The van der Waals surface area contributed by atoms with E-state index in [2.05, 4.69) is 15.7 Å². The zero-order valence-electron chi connectivity index (χ0n) is 16.7. The molecule has 152 valence electrons. The molecule has 3 aromatic rings. The predicted octanol–water partition coefficient (Wildman–Crippen LogP) is 2.85. The zero-order valence-corrected chi connectivity index (χ0v) is 16.7. The lowest BCUT2D eigenvalue weighted by Gasteiger charge is -2.11. The summed E-state index contributed by atoms with van der Waals surface area (Å²) in [5.41, 5.74) is 11.7. The Morgan fingerprint density at radius 3 is 2.77 bits per heavy atom. The normalized spacial score (nSPS) is 14.8. The summed E-state index contributed by atoms with van der Waals surface area (Å²) in [6, 6.07) is 11.4. The third kappa shape index (κ3) is 3.22. The van der Waals surface area contributed by atoms with Crippen LogP contribution in [0.4, 0.5) is 11.5 Å². The molecule has 0 saturated heterocycles. The van der Waals surface area contributed by atoms with Crippen molar-refractivity contribution in [3.8, 4) is 5.69 Å². The molecule has 1 amide bonds. The summed E-state index contributed by atoms with van der Waals surface area (Å²) in [5.74, 6) is 0.00253. The lowest BCUT2D eigenvalue weighted by Crippen LogP contribution is -2.25. The number of benzene rings is 2. The van der Waals surface area contributed by atoms with Gasteiger partial charge in [-0.2, -0.15) is 5.10 Å². The van der Waals surface area contributed by atoms with Gasteiger partial charge in [0, 0.05) is 29.4 Å². The van der Waals surface area contributed by atoms with Crippen molar-refractivity contribution < 1.29 is 9.59 Å². The Balaban J connectivity index is 1.47. The number of nitrogen functional groups attached to an aromatic ring is 1. The van der Waals surface area contributed by atoms with Gasteiger partial charge in [-0.25, -0.2) is 4.68 Å². The van der Waals surface area contributed by atoms with Crippen molar-refractivity contribution in [2.75, 3.05) is 17.6 Å². The maximum Gasteiger partial charge on any atom is 0.251 e. The van der Waals surface area contributed by atoms with Gasteiger partial charge in [-0.15, -0.1) is 0 Å². The van der Waals surface area contributed by atoms with Crippen LogP contribution in [0.1, 0.15) is 50.2 Å². The third-order valence-electron chi connectivity index (χ3n) is 5.74. The SMILES string of the molecule is Cc1ccc(C(=O)NC2CC2)cc1-n1ncc(C(=O)c2ccc3c(c2)CCN3)c1N. The molecule has 7 heteroatoms. The number of aromatic nitrogens is 2. The van der Waals surface area contributed by atoms with Crippen molar-refractivity contribution in [2.45, 2.75) is 32.2 Å². The summed E-state index contributed by atoms with van der Waals surface area (Å²) >= 11 is 0. The molecule has 0 radical (unpaired) electrons. The third-order valence-corrected chi connectivity index (χ3v) is 5.74. The standard InChI is InChI=1S/C23H23N5O2/c1-13-2-3-16(23(30)27-17-5-6-17)11-20(13)28-22(24)18(12-26-28)21(29)15-4-7-19-14(10-15)8-9-25-19/h2-4,7,10-12,17,25H,5-6,8-9,24H2,1H3,(H,27,30). The molecule has 2 aromatic carbocycles. The van der Waals surface area contributed by atoms with Crippen LogP contribution in [-0.2, 0) is 6.42 Å². The number of rotatable bonds is 5. The maximum atomic E-state index is 13.1. The summed E-state index contributed by atoms with van der Waals surface area (Å²) in [7, 11) is 0. The Labute approximate surface area is 174 Å². The van der Waals surface area contributed by atoms with Gasteiger partial charge in [0.1, 0.15) is 5.82 Å². The van der Waals surface area contributed by atoms with Crippen LogP contribution in [0.3, 0.4) is 0 Å². The highest BCUT2D eigenvalue weighted by atomic mass is 16.1. The van der Waals surface area contributed by atoms with Crippen LogP contribution in [0.25, 0.3) is 5.69 Å². The number of nitrogens with zero attached hydrogens (tertiary/aromatic N) is 2. The Kier molecular flexibility index (Phi) is 4.31. The van der Waals surface area contributed by atoms with Crippen molar-refractivity contribution in [2.24, 2.45) is 0 Å². The molecule has 1 aromatic heterocycles. The molecule has 30 heavy (non-hydrogen) atoms. The summed E-state index contributed by atoms with van der Waals surface area (Å²) in [5, 5.41) is 10.6. The van der Waals surface area contributed by atoms with Crippen LogP contribution in [0.5, 0.6) is 0 Å². The fourth-order valence-electron chi connectivity index (χ4n) is 3.80. The molecule has 7 nitrogen and oxygen atoms in total. The molecule has 5 rings (SSSR count). The molecule has 0 bridgehead atoms. The second kappa shape index (κ2) is 7.02. The van der Waals surface area contributed by atoms with Gasteiger partial charge >= 0.3 is 0 Å². The van der Waals surface area contributed by atoms with Gasteiger partial charge in [0.25, 0.3) is 5.91 Å². The molecule has 0 unspecified atom stereocenters. The summed E-state index contributed by atoms with van der Waals surface area (Å²) in [4.78, 5) is 25.5. The average Bonchev–Trinajstić information content (AvgIpc) is 3.29. The number of aryl methyl sites for hydroxylation is 1. The number of hydrogen-bond acceptors (Lipinski definition) is 5. The van der Waals surface area contributed by atoms with Gasteiger partial charge in [-0.05, 0) is 67.6 Å². The lowest BCUT2D eigenvalue weighted by molar-refractivity contribution is 0.0950. The topological polar surface area (TPSA) is 102 Å². The first-order valence-electron chi connectivity index (χ1n) is 10.2. The van der Waals surface area contributed by atoms with Crippen molar-refractivity contribution >= 4 is 23.2 Å². The first-order valence-corrected chi connectivity index (χ1v) is 10.2. The maximum absolute atomic E-state index is 13.1. The lowest BCUT2D eigenvalue weighted by atomic mass is 10.0. The summed E-state index contributed by atoms with van der Waals surface area (Å²) < 4.78 is 1.53. The number of nitrogens with two attached hydrogens (primary N) is 1. The zero-order chi connectivity index (χ0) is 20.8. The first kappa shape index (κ1) is 18.4. The predicted molar refractivity (Wildman–Crippen MR) is 115 cm³/mol. The number of amides is 1. The van der Waals surface area contributed by atoms with E-state index in [0.717, 1.165) is 42.6 Å². The number of nitrogens with one attached hydrogen (secondary N) is 2. The number of carbonyl (C=O) groups excluding carboxylic acids is 2. The van der Waals surface area contributed by atoms with E-state index in [1.807, 2.05) is 31.2 Å². The second-order valence-electron chi connectivity index (χ2n) is 7.98. The molecular weight excluding hydrogens is 378 g/mol. The second-order valence-corrected chi connectivity index (χ2v) is 7.98. The van der Waals surface area contributed by atoms with Gasteiger partial charge in [0.15, 0.2) is 5.78 Å². The molecule has 4 N–H and O–H groups in total. The number of ketones is 1. The first-order chi connectivity index (χ1) is 14.5. The molecule has 2 aliphatic rings. The van der Waals surface area contributed by atoms with Crippen molar-refractivity contribution in [3.05, 3.63) is 70.4 Å². The summed E-state index contributed by atoms with van der Waals surface area (Å²) in [6.07, 6.45) is 4.46. The van der Waals surface area contributed by atoms with Crippen LogP contribution in [0.2, 0.25) is 0 Å². The van der Waals surface area contributed by atoms with E-state index in [9.17, 15) is 9.59 Å². The van der Waals surface area contributed by atoms with Crippen molar-refractivity contribution in [1.82, 2.24) is 15.1 Å². The Bertz CT molecular complexity index is 1180. The fourth-order valence-corrected chi connectivity index (χ4v) is 3.80. The van der Waals surface area contributed by atoms with Crippen LogP contribution < -0.4 is 16.4 Å². The highest BCUT2D eigenvalue weighted by Gasteiger charge is 2.25. The smallest absolute Gasteiger partial charge is 0.251 e. The molecule has 1 saturated carbocycles. The molecule has 0 atom stereocenters. The van der Waals surface area contributed by atoms with Crippen LogP contribution in [0, 0.1) is 6.92 Å². The van der Waals surface area contributed by atoms with E-state index in [1.165, 1.54) is 10.9 Å². The van der Waals surface area contributed by atoms with Gasteiger partial charge in [0.05, 0.1) is 17.4 Å². The number of hydrogen-bond donors (Lipinski definition) is 3. The molecule has 2 heterocycles. The van der Waals surface area contributed by atoms with Gasteiger partial charge in [0.2, 0.25) is 0 Å². The van der Waals surface area contributed by atoms with Crippen LogP contribution in [-0.4, -0.2) is 34.1 Å².